The summed E-state index contributed by atoms with van der Waals surface area (Å²) < 4.78 is 11.6. The fourth-order valence-corrected chi connectivity index (χ4v) is 4.12. The van der Waals surface area contributed by atoms with Crippen LogP contribution in [0.2, 0.25) is 0 Å². The van der Waals surface area contributed by atoms with Crippen LogP contribution in [0.1, 0.15) is 21.9 Å². The van der Waals surface area contributed by atoms with Crippen molar-refractivity contribution in [1.82, 2.24) is 9.55 Å². The molecule has 0 saturated heterocycles. The topological polar surface area (TPSA) is 74.3 Å². The highest BCUT2D eigenvalue weighted by Gasteiger charge is 2.17. The van der Waals surface area contributed by atoms with Crippen LogP contribution in [0.25, 0.3) is 20.7 Å². The number of nitrogens with zero attached hydrogens (tertiary/aromatic N) is 2. The Morgan fingerprint density at radius 3 is 2.74 bits per heavy atom. The first-order valence-electron chi connectivity index (χ1n) is 8.29. The number of benzene rings is 1. The van der Waals surface area contributed by atoms with Crippen molar-refractivity contribution in [3.05, 3.63) is 76.2 Å². The second-order valence-electron chi connectivity index (χ2n) is 6.04. The molecule has 0 N–H and O–H groups in total. The van der Waals surface area contributed by atoms with Crippen molar-refractivity contribution in [1.29, 1.82) is 0 Å². The predicted octanol–water partition coefficient (Wildman–Crippen LogP) is 3.86. The minimum atomic E-state index is -0.552. The van der Waals surface area contributed by atoms with Crippen LogP contribution in [0.4, 0.5) is 0 Å². The molecule has 0 aliphatic rings. The normalized spacial score (nSPS) is 11.0. The van der Waals surface area contributed by atoms with Gasteiger partial charge in [-0.3, -0.25) is 9.36 Å². The zero-order chi connectivity index (χ0) is 19.0. The maximum Gasteiger partial charge on any atom is 0.373 e. The lowest BCUT2D eigenvalue weighted by atomic mass is 10.1. The van der Waals surface area contributed by atoms with Crippen LogP contribution in [-0.4, -0.2) is 22.6 Å². The van der Waals surface area contributed by atoms with Gasteiger partial charge in [0.1, 0.15) is 10.6 Å². The van der Waals surface area contributed by atoms with Crippen LogP contribution in [0.5, 0.6) is 0 Å². The molecule has 4 rings (SSSR count). The van der Waals surface area contributed by atoms with Crippen LogP contribution in [0.15, 0.2) is 58.0 Å². The zero-order valence-electron chi connectivity index (χ0n) is 14.8. The number of hydrogen-bond acceptors (Lipinski definition) is 6. The lowest BCUT2D eigenvalue weighted by Gasteiger charge is -2.03. The van der Waals surface area contributed by atoms with Crippen molar-refractivity contribution in [3.8, 4) is 10.4 Å². The van der Waals surface area contributed by atoms with Gasteiger partial charge in [-0.2, -0.15) is 0 Å². The minimum Gasteiger partial charge on any atom is -0.463 e. The van der Waals surface area contributed by atoms with Gasteiger partial charge in [-0.25, -0.2) is 9.78 Å². The third-order valence-electron chi connectivity index (χ3n) is 4.33. The fourth-order valence-electron chi connectivity index (χ4n) is 2.98. The lowest BCUT2D eigenvalue weighted by molar-refractivity contribution is 0.0563. The number of esters is 1. The van der Waals surface area contributed by atoms with Gasteiger partial charge < -0.3 is 9.15 Å². The Morgan fingerprint density at radius 1 is 1.22 bits per heavy atom. The molecule has 136 valence electrons. The maximum absolute atomic E-state index is 13.0. The molecule has 0 spiro atoms. The maximum atomic E-state index is 13.0. The number of rotatable bonds is 4. The number of carbonyl (C=O) groups excluding carboxylic acids is 1. The molecule has 0 fully saturated rings. The second kappa shape index (κ2) is 6.85. The molecule has 0 unspecified atom stereocenters. The van der Waals surface area contributed by atoms with Gasteiger partial charge in [-0.1, -0.05) is 30.3 Å². The average Bonchev–Trinajstić information content (AvgIpc) is 3.29. The highest BCUT2D eigenvalue weighted by Crippen LogP contribution is 2.35. The standard InChI is InChI=1S/C20H16N2O4S/c1-12-16-18(27-17(12)13-6-4-3-5-7-13)21-11-22(19(16)23)10-14-8-9-15(26-14)20(24)25-2/h3-9,11H,10H2,1-2H3. The van der Waals surface area contributed by atoms with E-state index in [0.29, 0.717) is 16.0 Å². The summed E-state index contributed by atoms with van der Waals surface area (Å²) in [5.41, 5.74) is 1.85. The van der Waals surface area contributed by atoms with E-state index in [1.54, 1.807) is 6.07 Å². The summed E-state index contributed by atoms with van der Waals surface area (Å²) >= 11 is 1.51. The van der Waals surface area contributed by atoms with Crippen LogP contribution in [-0.2, 0) is 11.3 Å². The summed E-state index contributed by atoms with van der Waals surface area (Å²) in [6.45, 7) is 2.13. The van der Waals surface area contributed by atoms with Crippen molar-refractivity contribution < 1.29 is 13.9 Å². The SMILES string of the molecule is COC(=O)c1ccc(Cn2cnc3sc(-c4ccccc4)c(C)c3c2=O)o1. The number of hydrogen-bond donors (Lipinski definition) is 0. The van der Waals surface area contributed by atoms with Gasteiger partial charge in [0.05, 0.1) is 25.4 Å². The molecule has 6 nitrogen and oxygen atoms in total. The van der Waals surface area contributed by atoms with Gasteiger partial charge in [0.15, 0.2) is 0 Å². The van der Waals surface area contributed by atoms with Crippen LogP contribution in [0.3, 0.4) is 0 Å². The summed E-state index contributed by atoms with van der Waals surface area (Å²) in [7, 11) is 1.29. The summed E-state index contributed by atoms with van der Waals surface area (Å²) in [6.07, 6.45) is 1.51. The first-order valence-corrected chi connectivity index (χ1v) is 9.11. The van der Waals surface area contributed by atoms with E-state index >= 15 is 0 Å². The highest BCUT2D eigenvalue weighted by molar-refractivity contribution is 7.22. The quantitative estimate of drug-likeness (QED) is 0.503. The number of carbonyl (C=O) groups is 1. The van der Waals surface area contributed by atoms with Gasteiger partial charge in [0, 0.05) is 4.88 Å². The minimum absolute atomic E-state index is 0.104. The van der Waals surface area contributed by atoms with E-state index in [1.807, 2.05) is 37.3 Å². The molecule has 0 bridgehead atoms. The molecule has 7 heteroatoms. The molecule has 0 atom stereocenters. The molecule has 0 radical (unpaired) electrons. The number of aryl methyl sites for hydroxylation is 1. The molecule has 3 aromatic heterocycles. The largest absolute Gasteiger partial charge is 0.463 e. The third kappa shape index (κ3) is 3.06. The molecule has 3 heterocycles. The van der Waals surface area contributed by atoms with Crippen molar-refractivity contribution >= 4 is 27.5 Å². The monoisotopic (exact) mass is 380 g/mol. The first-order chi connectivity index (χ1) is 13.1. The van der Waals surface area contributed by atoms with Gasteiger partial charge in [-0.15, -0.1) is 11.3 Å². The molecule has 4 aromatic rings. The van der Waals surface area contributed by atoms with E-state index in [-0.39, 0.29) is 17.9 Å². The number of methoxy groups -OCH3 is 1. The van der Waals surface area contributed by atoms with E-state index < -0.39 is 5.97 Å². The Bertz CT molecular complexity index is 1190. The number of thiophene rings is 1. The van der Waals surface area contributed by atoms with Gasteiger partial charge in [-0.05, 0) is 30.2 Å². The smallest absolute Gasteiger partial charge is 0.373 e. The van der Waals surface area contributed by atoms with Crippen molar-refractivity contribution in [2.75, 3.05) is 7.11 Å². The van der Waals surface area contributed by atoms with Crippen LogP contribution >= 0.6 is 11.3 Å². The number of ether oxygens (including phenoxy) is 1. The van der Waals surface area contributed by atoms with Crippen LogP contribution in [0, 0.1) is 6.92 Å². The Hall–Kier alpha value is -3.19. The summed E-state index contributed by atoms with van der Waals surface area (Å²) in [6, 6.07) is 13.1. The van der Waals surface area contributed by atoms with E-state index in [1.165, 1.54) is 35.4 Å². The Kier molecular flexibility index (Phi) is 4.37. The Labute approximate surface area is 158 Å². The highest BCUT2D eigenvalue weighted by atomic mass is 32.1. The number of aromatic nitrogens is 2. The average molecular weight is 380 g/mol. The molecule has 0 aliphatic carbocycles. The van der Waals surface area contributed by atoms with Gasteiger partial charge in [0.25, 0.3) is 5.56 Å². The van der Waals surface area contributed by atoms with Gasteiger partial charge in [0.2, 0.25) is 5.76 Å². The summed E-state index contributed by atoms with van der Waals surface area (Å²) in [5, 5.41) is 0.612. The third-order valence-corrected chi connectivity index (χ3v) is 5.58. The predicted molar refractivity (Wildman–Crippen MR) is 103 cm³/mol. The van der Waals surface area contributed by atoms with Crippen molar-refractivity contribution in [2.24, 2.45) is 0 Å². The van der Waals surface area contributed by atoms with Crippen molar-refractivity contribution in [3.63, 3.8) is 0 Å². The molecule has 0 saturated carbocycles. The molecular formula is C20H16N2O4S. The lowest BCUT2D eigenvalue weighted by Crippen LogP contribution is -2.20. The second-order valence-corrected chi connectivity index (χ2v) is 7.04. The summed E-state index contributed by atoms with van der Waals surface area (Å²) in [5.74, 6) is 0.0332. The van der Waals surface area contributed by atoms with Crippen LogP contribution < -0.4 is 5.56 Å². The number of fused-ring (bicyclic) bond motifs is 1. The Balaban J connectivity index is 1.74. The molecule has 0 amide bonds. The fraction of sp³-hybridized carbons (Fsp3) is 0.150. The van der Waals surface area contributed by atoms with Crippen molar-refractivity contribution in [2.45, 2.75) is 13.5 Å². The zero-order valence-corrected chi connectivity index (χ0v) is 15.6. The summed E-state index contributed by atoms with van der Waals surface area (Å²) in [4.78, 5) is 30.7. The van der Waals surface area contributed by atoms with E-state index in [9.17, 15) is 9.59 Å². The van der Waals surface area contributed by atoms with E-state index in [4.69, 9.17) is 4.42 Å². The number of furan rings is 1. The first kappa shape index (κ1) is 17.2. The molecule has 27 heavy (non-hydrogen) atoms. The molecule has 1 aromatic carbocycles. The van der Waals surface area contributed by atoms with E-state index in [2.05, 4.69) is 9.72 Å². The Morgan fingerprint density at radius 2 is 2.00 bits per heavy atom. The molecular weight excluding hydrogens is 364 g/mol. The van der Waals surface area contributed by atoms with E-state index in [0.717, 1.165) is 16.0 Å². The van der Waals surface area contributed by atoms with Gasteiger partial charge >= 0.3 is 5.97 Å². The molecule has 0 aliphatic heterocycles.